The molecule has 1 aliphatic heterocycles. The first kappa shape index (κ1) is 17.1. The van der Waals surface area contributed by atoms with Gasteiger partial charge in [0.15, 0.2) is 5.82 Å². The molecule has 0 spiro atoms. The minimum Gasteiger partial charge on any atom is -0.494 e. The number of anilines is 1. The number of rotatable bonds is 5. The van der Waals surface area contributed by atoms with Crippen molar-refractivity contribution in [2.75, 3.05) is 24.6 Å². The van der Waals surface area contributed by atoms with Crippen LogP contribution in [0.25, 0.3) is 5.69 Å². The molecule has 0 unspecified atom stereocenters. The van der Waals surface area contributed by atoms with Crippen LogP contribution >= 0.6 is 0 Å². The van der Waals surface area contributed by atoms with E-state index < -0.39 is 0 Å². The molecule has 1 aromatic heterocycles. The lowest BCUT2D eigenvalue weighted by Crippen LogP contribution is -2.20. The molecule has 0 N–H and O–H groups in total. The van der Waals surface area contributed by atoms with Crippen LogP contribution in [0.4, 0.5) is 5.82 Å². The molecule has 3 aromatic rings. The first-order chi connectivity index (χ1) is 13.3. The van der Waals surface area contributed by atoms with Crippen molar-refractivity contribution in [2.24, 2.45) is 0 Å². The summed E-state index contributed by atoms with van der Waals surface area (Å²) in [7, 11) is 0. The van der Waals surface area contributed by atoms with Gasteiger partial charge in [-0.05, 0) is 43.2 Å². The summed E-state index contributed by atoms with van der Waals surface area (Å²) < 4.78 is 5.47. The van der Waals surface area contributed by atoms with Gasteiger partial charge in [-0.25, -0.2) is 0 Å². The molecule has 1 fully saturated rings. The van der Waals surface area contributed by atoms with Crippen molar-refractivity contribution in [3.8, 4) is 17.5 Å². The van der Waals surface area contributed by atoms with Crippen LogP contribution in [0.2, 0.25) is 0 Å². The second-order valence-corrected chi connectivity index (χ2v) is 6.54. The van der Waals surface area contributed by atoms with Crippen molar-refractivity contribution in [3.05, 3.63) is 65.9 Å². The van der Waals surface area contributed by atoms with E-state index in [-0.39, 0.29) is 0 Å². The lowest BCUT2D eigenvalue weighted by Gasteiger charge is -2.15. The SMILES string of the molecule is CCOc1ccc(-n2nc(C#N)c(N3CC[C@H](c4ccccc4)C3)n2)cc1. The first-order valence-corrected chi connectivity index (χ1v) is 9.19. The predicted octanol–water partition coefficient (Wildman–Crippen LogP) is 3.53. The summed E-state index contributed by atoms with van der Waals surface area (Å²) in [6.45, 7) is 4.30. The van der Waals surface area contributed by atoms with Crippen LogP contribution < -0.4 is 9.64 Å². The van der Waals surface area contributed by atoms with Gasteiger partial charge >= 0.3 is 0 Å². The van der Waals surface area contributed by atoms with Gasteiger partial charge in [0.1, 0.15) is 11.8 Å². The highest BCUT2D eigenvalue weighted by molar-refractivity contribution is 5.52. The number of ether oxygens (including phenoxy) is 1. The fourth-order valence-corrected chi connectivity index (χ4v) is 3.49. The Kier molecular flexibility index (Phi) is 4.75. The molecule has 0 amide bonds. The Labute approximate surface area is 158 Å². The summed E-state index contributed by atoms with van der Waals surface area (Å²) in [5.41, 5.74) is 2.50. The number of aromatic nitrogens is 3. The molecule has 0 bridgehead atoms. The van der Waals surface area contributed by atoms with Gasteiger partial charge in [0.2, 0.25) is 5.69 Å². The number of nitriles is 1. The maximum atomic E-state index is 9.52. The van der Waals surface area contributed by atoms with Gasteiger partial charge in [-0.3, -0.25) is 0 Å². The maximum Gasteiger partial charge on any atom is 0.207 e. The van der Waals surface area contributed by atoms with Gasteiger partial charge in [-0.1, -0.05) is 30.3 Å². The van der Waals surface area contributed by atoms with Crippen LogP contribution in [0, 0.1) is 11.3 Å². The van der Waals surface area contributed by atoms with Gasteiger partial charge < -0.3 is 9.64 Å². The summed E-state index contributed by atoms with van der Waals surface area (Å²) >= 11 is 0. The zero-order valence-electron chi connectivity index (χ0n) is 15.2. The highest BCUT2D eigenvalue weighted by Gasteiger charge is 2.28. The average Bonchev–Trinajstić information content (AvgIpc) is 3.36. The van der Waals surface area contributed by atoms with Crippen molar-refractivity contribution < 1.29 is 4.74 Å². The third-order valence-corrected chi connectivity index (χ3v) is 4.84. The highest BCUT2D eigenvalue weighted by Crippen LogP contribution is 2.31. The van der Waals surface area contributed by atoms with E-state index in [1.165, 1.54) is 10.4 Å². The molecule has 27 heavy (non-hydrogen) atoms. The van der Waals surface area contributed by atoms with Crippen LogP contribution in [-0.4, -0.2) is 34.7 Å². The fourth-order valence-electron chi connectivity index (χ4n) is 3.49. The van der Waals surface area contributed by atoms with Crippen molar-refractivity contribution in [1.82, 2.24) is 15.0 Å². The predicted molar refractivity (Wildman–Crippen MR) is 103 cm³/mol. The van der Waals surface area contributed by atoms with E-state index in [1.807, 2.05) is 37.3 Å². The normalized spacial score (nSPS) is 16.3. The Morgan fingerprint density at radius 3 is 2.59 bits per heavy atom. The second-order valence-electron chi connectivity index (χ2n) is 6.54. The molecule has 0 radical (unpaired) electrons. The summed E-state index contributed by atoms with van der Waals surface area (Å²) in [6, 6.07) is 20.2. The number of nitrogens with zero attached hydrogens (tertiary/aromatic N) is 5. The van der Waals surface area contributed by atoms with Gasteiger partial charge in [0, 0.05) is 19.0 Å². The summed E-state index contributed by atoms with van der Waals surface area (Å²) in [6.07, 6.45) is 1.05. The van der Waals surface area contributed by atoms with Crippen molar-refractivity contribution in [2.45, 2.75) is 19.3 Å². The largest absolute Gasteiger partial charge is 0.494 e. The van der Waals surface area contributed by atoms with Gasteiger partial charge in [-0.2, -0.15) is 5.26 Å². The zero-order chi connectivity index (χ0) is 18.6. The molecule has 1 saturated heterocycles. The van der Waals surface area contributed by atoms with Gasteiger partial charge in [-0.15, -0.1) is 15.0 Å². The monoisotopic (exact) mass is 359 g/mol. The van der Waals surface area contributed by atoms with E-state index in [4.69, 9.17) is 4.74 Å². The van der Waals surface area contributed by atoms with Crippen LogP contribution in [0.1, 0.15) is 30.5 Å². The Bertz CT molecular complexity index is 943. The molecule has 6 heteroatoms. The van der Waals surface area contributed by atoms with Crippen LogP contribution in [0.15, 0.2) is 54.6 Å². The highest BCUT2D eigenvalue weighted by atomic mass is 16.5. The van der Waals surface area contributed by atoms with Crippen LogP contribution in [-0.2, 0) is 0 Å². The Morgan fingerprint density at radius 1 is 1.11 bits per heavy atom. The van der Waals surface area contributed by atoms with Crippen LogP contribution in [0.3, 0.4) is 0 Å². The van der Waals surface area contributed by atoms with E-state index in [9.17, 15) is 5.26 Å². The van der Waals surface area contributed by atoms with E-state index in [0.717, 1.165) is 30.9 Å². The van der Waals surface area contributed by atoms with E-state index in [0.29, 0.717) is 24.0 Å². The summed E-state index contributed by atoms with van der Waals surface area (Å²) in [5, 5.41) is 18.5. The minimum atomic E-state index is 0.359. The quantitative estimate of drug-likeness (QED) is 0.697. The third-order valence-electron chi connectivity index (χ3n) is 4.84. The van der Waals surface area contributed by atoms with Gasteiger partial charge in [0.05, 0.1) is 12.3 Å². The first-order valence-electron chi connectivity index (χ1n) is 9.19. The summed E-state index contributed by atoms with van der Waals surface area (Å²) in [4.78, 5) is 3.69. The molecule has 6 nitrogen and oxygen atoms in total. The van der Waals surface area contributed by atoms with Crippen molar-refractivity contribution >= 4 is 5.82 Å². The standard InChI is InChI=1S/C21H21N5O/c1-2-27-19-10-8-18(9-11-19)26-23-20(14-22)21(24-26)25-13-12-17(15-25)16-6-4-3-5-7-16/h3-11,17H,2,12-13,15H2,1H3/t17-/m0/s1. The van der Waals surface area contributed by atoms with Crippen molar-refractivity contribution in [1.29, 1.82) is 5.26 Å². The minimum absolute atomic E-state index is 0.359. The Balaban J connectivity index is 1.56. The topological polar surface area (TPSA) is 67.0 Å². The smallest absolute Gasteiger partial charge is 0.207 e. The third kappa shape index (κ3) is 3.49. The van der Waals surface area contributed by atoms with E-state index >= 15 is 0 Å². The second kappa shape index (κ2) is 7.50. The Morgan fingerprint density at radius 2 is 1.89 bits per heavy atom. The fraction of sp³-hybridized carbons (Fsp3) is 0.286. The Hall–Kier alpha value is -3.33. The van der Waals surface area contributed by atoms with Crippen LogP contribution in [0.5, 0.6) is 5.75 Å². The lowest BCUT2D eigenvalue weighted by molar-refractivity contribution is 0.340. The average molecular weight is 359 g/mol. The van der Waals surface area contributed by atoms with E-state index in [2.05, 4.69) is 45.4 Å². The molecule has 0 saturated carbocycles. The molecule has 2 heterocycles. The molecular formula is C21H21N5O. The maximum absolute atomic E-state index is 9.52. The van der Waals surface area contributed by atoms with Gasteiger partial charge in [0.25, 0.3) is 0 Å². The van der Waals surface area contributed by atoms with E-state index in [1.54, 1.807) is 0 Å². The molecule has 2 aromatic carbocycles. The van der Waals surface area contributed by atoms with Crippen molar-refractivity contribution in [3.63, 3.8) is 0 Å². The zero-order valence-corrected chi connectivity index (χ0v) is 15.2. The number of hydrogen-bond acceptors (Lipinski definition) is 5. The molecule has 1 aliphatic rings. The number of benzene rings is 2. The molecule has 0 aliphatic carbocycles. The summed E-state index contributed by atoms with van der Waals surface area (Å²) in [5.74, 6) is 1.91. The number of hydrogen-bond donors (Lipinski definition) is 0. The molecule has 4 rings (SSSR count). The molecular weight excluding hydrogens is 338 g/mol. The molecule has 1 atom stereocenters. The lowest BCUT2D eigenvalue weighted by atomic mass is 9.99. The molecule has 136 valence electrons.